The Kier molecular flexibility index (Phi) is 3.78. The van der Waals surface area contributed by atoms with E-state index in [9.17, 15) is 9.90 Å². The number of carboxylic acids is 1. The van der Waals surface area contributed by atoms with Crippen LogP contribution in [0.1, 0.15) is 28.0 Å². The number of benzene rings is 1. The van der Waals surface area contributed by atoms with Crippen molar-refractivity contribution in [1.82, 2.24) is 9.78 Å². The van der Waals surface area contributed by atoms with Gasteiger partial charge < -0.3 is 10.0 Å². The lowest BCUT2D eigenvalue weighted by Gasteiger charge is -2.30. The summed E-state index contributed by atoms with van der Waals surface area (Å²) in [6, 6.07) is 3.54. The Balaban J connectivity index is 2.18. The normalized spacial score (nSPS) is 14.1. The molecule has 3 rings (SSSR count). The van der Waals surface area contributed by atoms with Crippen LogP contribution in [0.15, 0.2) is 12.1 Å². The molecular formula is C15H15Cl2N3O2. The summed E-state index contributed by atoms with van der Waals surface area (Å²) in [6.45, 7) is 2.67. The number of hydrogen-bond donors (Lipinski definition) is 1. The Hall–Kier alpha value is -1.72. The van der Waals surface area contributed by atoms with Gasteiger partial charge in [0.05, 0.1) is 10.7 Å². The second-order valence-electron chi connectivity index (χ2n) is 5.39. The van der Waals surface area contributed by atoms with Gasteiger partial charge in [-0.25, -0.2) is 4.79 Å². The SMILES string of the molecule is Cc1cc(Cl)cc(Cl)c1N1CCCc2c1nn(C)c2C(=O)O. The van der Waals surface area contributed by atoms with Crippen LogP contribution in [0.5, 0.6) is 0 Å². The summed E-state index contributed by atoms with van der Waals surface area (Å²) in [7, 11) is 1.65. The predicted octanol–water partition coefficient (Wildman–Crippen LogP) is 3.82. The molecule has 0 atom stereocenters. The standard InChI is InChI=1S/C15H15Cl2N3O2/c1-8-6-9(16)7-11(17)12(8)20-5-3-4-10-13(15(21)22)19(2)18-14(10)20/h6-7H,3-5H2,1-2H3,(H,21,22). The summed E-state index contributed by atoms with van der Waals surface area (Å²) in [5.74, 6) is -0.296. The fourth-order valence-corrected chi connectivity index (χ4v) is 3.74. The molecule has 0 saturated heterocycles. The maximum Gasteiger partial charge on any atom is 0.354 e. The van der Waals surface area contributed by atoms with E-state index >= 15 is 0 Å². The maximum absolute atomic E-state index is 11.5. The first-order valence-corrected chi connectivity index (χ1v) is 7.68. The lowest BCUT2D eigenvalue weighted by Crippen LogP contribution is -2.26. The zero-order valence-electron chi connectivity index (χ0n) is 12.2. The third kappa shape index (κ3) is 2.34. The van der Waals surface area contributed by atoms with Gasteiger partial charge in [0.15, 0.2) is 11.5 Å². The van der Waals surface area contributed by atoms with E-state index in [1.807, 2.05) is 17.9 Å². The Bertz CT molecular complexity index is 747. The first-order valence-electron chi connectivity index (χ1n) is 6.92. The van der Waals surface area contributed by atoms with Gasteiger partial charge in [-0.3, -0.25) is 4.68 Å². The van der Waals surface area contributed by atoms with Crippen LogP contribution in [0, 0.1) is 6.92 Å². The van der Waals surface area contributed by atoms with E-state index in [1.54, 1.807) is 13.1 Å². The van der Waals surface area contributed by atoms with Gasteiger partial charge in [-0.2, -0.15) is 5.10 Å². The smallest absolute Gasteiger partial charge is 0.354 e. The van der Waals surface area contributed by atoms with Gasteiger partial charge in [0.2, 0.25) is 0 Å². The fraction of sp³-hybridized carbons (Fsp3) is 0.333. The molecule has 1 aromatic heterocycles. The molecule has 22 heavy (non-hydrogen) atoms. The van der Waals surface area contributed by atoms with Crippen LogP contribution in [0.4, 0.5) is 11.5 Å². The van der Waals surface area contributed by atoms with Crippen LogP contribution in [0.3, 0.4) is 0 Å². The molecule has 0 fully saturated rings. The first-order chi connectivity index (χ1) is 10.4. The van der Waals surface area contributed by atoms with Crippen molar-refractivity contribution >= 4 is 40.7 Å². The summed E-state index contributed by atoms with van der Waals surface area (Å²) in [4.78, 5) is 13.4. The van der Waals surface area contributed by atoms with Crippen molar-refractivity contribution in [2.24, 2.45) is 7.05 Å². The number of aryl methyl sites for hydroxylation is 2. The molecule has 5 nitrogen and oxygen atoms in total. The third-order valence-corrected chi connectivity index (χ3v) is 4.39. The van der Waals surface area contributed by atoms with Gasteiger partial charge in [-0.05, 0) is 37.5 Å². The molecule has 1 aliphatic rings. The molecule has 2 aromatic rings. The van der Waals surface area contributed by atoms with E-state index in [1.165, 1.54) is 4.68 Å². The number of nitrogens with zero attached hydrogens (tertiary/aromatic N) is 3. The highest BCUT2D eigenvalue weighted by Gasteiger charge is 2.30. The number of carbonyl (C=O) groups is 1. The third-order valence-electron chi connectivity index (χ3n) is 3.88. The predicted molar refractivity (Wildman–Crippen MR) is 86.7 cm³/mol. The van der Waals surface area contributed by atoms with Crippen molar-refractivity contribution in [3.63, 3.8) is 0 Å². The molecule has 2 heterocycles. The van der Waals surface area contributed by atoms with E-state index in [4.69, 9.17) is 23.2 Å². The van der Waals surface area contributed by atoms with Gasteiger partial charge in [-0.1, -0.05) is 23.2 Å². The number of carboxylic acid groups (broad SMARTS) is 1. The molecule has 0 amide bonds. The van der Waals surface area contributed by atoms with Crippen LogP contribution < -0.4 is 4.90 Å². The van der Waals surface area contributed by atoms with Crippen LogP contribution in [-0.2, 0) is 13.5 Å². The highest BCUT2D eigenvalue weighted by molar-refractivity contribution is 6.36. The van der Waals surface area contributed by atoms with E-state index < -0.39 is 5.97 Å². The van der Waals surface area contributed by atoms with Crippen LogP contribution in [0.2, 0.25) is 10.0 Å². The lowest BCUT2D eigenvalue weighted by atomic mass is 10.0. The van der Waals surface area contributed by atoms with E-state index in [0.717, 1.165) is 29.8 Å². The molecule has 0 bridgehead atoms. The van der Waals surface area contributed by atoms with Gasteiger partial charge >= 0.3 is 5.97 Å². The number of rotatable bonds is 2. The van der Waals surface area contributed by atoms with Crippen molar-refractivity contribution in [2.75, 3.05) is 11.4 Å². The largest absolute Gasteiger partial charge is 0.477 e. The van der Waals surface area contributed by atoms with Gasteiger partial charge in [0, 0.05) is 24.2 Å². The molecule has 1 N–H and O–H groups in total. The zero-order valence-corrected chi connectivity index (χ0v) is 13.7. The van der Waals surface area contributed by atoms with E-state index in [0.29, 0.717) is 22.3 Å². The minimum atomic E-state index is -0.961. The number of aromatic carboxylic acids is 1. The first kappa shape index (κ1) is 15.2. The minimum Gasteiger partial charge on any atom is -0.477 e. The van der Waals surface area contributed by atoms with Crippen molar-refractivity contribution in [3.05, 3.63) is 39.0 Å². The molecule has 1 aromatic carbocycles. The molecule has 0 radical (unpaired) electrons. The van der Waals surface area contributed by atoms with Crippen LogP contribution in [0.25, 0.3) is 0 Å². The summed E-state index contributed by atoms with van der Waals surface area (Å²) in [6.07, 6.45) is 1.54. The number of halogens is 2. The Morgan fingerprint density at radius 1 is 1.36 bits per heavy atom. The van der Waals surface area contributed by atoms with Crippen molar-refractivity contribution in [3.8, 4) is 0 Å². The Morgan fingerprint density at radius 2 is 2.09 bits per heavy atom. The molecule has 0 aliphatic carbocycles. The zero-order chi connectivity index (χ0) is 16.0. The van der Waals surface area contributed by atoms with Crippen molar-refractivity contribution in [2.45, 2.75) is 19.8 Å². The van der Waals surface area contributed by atoms with E-state index in [2.05, 4.69) is 5.10 Å². The molecule has 1 aliphatic heterocycles. The molecule has 0 saturated carbocycles. The van der Waals surface area contributed by atoms with Gasteiger partial charge in [0.25, 0.3) is 0 Å². The fourth-order valence-electron chi connectivity index (χ4n) is 3.04. The number of anilines is 2. The lowest BCUT2D eigenvalue weighted by molar-refractivity contribution is 0.0683. The highest BCUT2D eigenvalue weighted by atomic mass is 35.5. The van der Waals surface area contributed by atoms with Crippen LogP contribution >= 0.6 is 23.2 Å². The number of aromatic nitrogens is 2. The topological polar surface area (TPSA) is 58.4 Å². The molecule has 7 heteroatoms. The molecule has 0 spiro atoms. The summed E-state index contributed by atoms with van der Waals surface area (Å²) in [5, 5.41) is 14.9. The highest BCUT2D eigenvalue weighted by Crippen LogP contribution is 2.40. The number of fused-ring (bicyclic) bond motifs is 1. The average molecular weight is 340 g/mol. The summed E-state index contributed by atoms with van der Waals surface area (Å²) in [5.41, 5.74) is 2.77. The number of hydrogen-bond acceptors (Lipinski definition) is 3. The Morgan fingerprint density at radius 3 is 2.73 bits per heavy atom. The maximum atomic E-state index is 11.5. The minimum absolute atomic E-state index is 0.238. The summed E-state index contributed by atoms with van der Waals surface area (Å²) >= 11 is 12.4. The quantitative estimate of drug-likeness (QED) is 0.903. The second-order valence-corrected chi connectivity index (χ2v) is 6.23. The molecule has 116 valence electrons. The molecular weight excluding hydrogens is 325 g/mol. The van der Waals surface area contributed by atoms with Crippen LogP contribution in [-0.4, -0.2) is 27.4 Å². The van der Waals surface area contributed by atoms with E-state index in [-0.39, 0.29) is 5.69 Å². The van der Waals surface area contributed by atoms with Crippen molar-refractivity contribution < 1.29 is 9.90 Å². The molecule has 0 unspecified atom stereocenters. The van der Waals surface area contributed by atoms with Gasteiger partial charge in [0.1, 0.15) is 0 Å². The summed E-state index contributed by atoms with van der Waals surface area (Å²) < 4.78 is 1.42. The monoisotopic (exact) mass is 339 g/mol. The van der Waals surface area contributed by atoms with Crippen molar-refractivity contribution in [1.29, 1.82) is 0 Å². The average Bonchev–Trinajstić information content (AvgIpc) is 2.74. The Labute approximate surface area is 138 Å². The second kappa shape index (κ2) is 5.48. The van der Waals surface area contributed by atoms with Gasteiger partial charge in [-0.15, -0.1) is 0 Å².